The molecule has 3 nitrogen and oxygen atoms in total. The van der Waals surface area contributed by atoms with Crippen molar-refractivity contribution in [1.29, 1.82) is 0 Å². The molecule has 0 amide bonds. The van der Waals surface area contributed by atoms with Crippen LogP contribution in [0.1, 0.15) is 11.5 Å². The number of benzene rings is 1. The molecule has 0 saturated heterocycles. The van der Waals surface area contributed by atoms with Crippen molar-refractivity contribution in [1.82, 2.24) is 5.32 Å². The molecule has 0 aromatic heterocycles. The Morgan fingerprint density at radius 3 is 2.86 bits per heavy atom. The third-order valence-corrected chi connectivity index (χ3v) is 3.08. The van der Waals surface area contributed by atoms with Gasteiger partial charge in [0.2, 0.25) is 0 Å². The molecule has 74 valence electrons. The Labute approximate surface area is 91.5 Å². The highest BCUT2D eigenvalue weighted by Gasteiger charge is 2.17. The lowest BCUT2D eigenvalue weighted by atomic mass is 9.98. The molecule has 1 aromatic carbocycles. The summed E-state index contributed by atoms with van der Waals surface area (Å²) >= 11 is 3.54. The maximum absolute atomic E-state index is 5.54. The normalized spacial score (nSPS) is 21.2. The third kappa shape index (κ3) is 1.90. The Morgan fingerprint density at radius 1 is 1.43 bits per heavy atom. The predicted octanol–water partition coefficient (Wildman–Crippen LogP) is 1.45. The largest absolute Gasteiger partial charge is 0.370 e. The SMILES string of the molecule is NC1=NCC(c2ccccc2Br)CN1. The lowest BCUT2D eigenvalue weighted by molar-refractivity contribution is 0.633. The van der Waals surface area contributed by atoms with Crippen LogP contribution in [-0.4, -0.2) is 19.0 Å². The average molecular weight is 254 g/mol. The van der Waals surface area contributed by atoms with Gasteiger partial charge in [-0.2, -0.15) is 0 Å². The van der Waals surface area contributed by atoms with Gasteiger partial charge in [-0.25, -0.2) is 0 Å². The molecular formula is C10H12BrN3. The molecule has 2 rings (SSSR count). The van der Waals surface area contributed by atoms with Crippen LogP contribution >= 0.6 is 15.9 Å². The van der Waals surface area contributed by atoms with E-state index in [-0.39, 0.29) is 0 Å². The first-order valence-electron chi connectivity index (χ1n) is 4.55. The van der Waals surface area contributed by atoms with E-state index < -0.39 is 0 Å². The lowest BCUT2D eigenvalue weighted by Crippen LogP contribution is -2.39. The second kappa shape index (κ2) is 4.00. The number of nitrogens with zero attached hydrogens (tertiary/aromatic N) is 1. The topological polar surface area (TPSA) is 50.4 Å². The molecule has 1 aliphatic heterocycles. The summed E-state index contributed by atoms with van der Waals surface area (Å²) in [6.45, 7) is 1.62. The van der Waals surface area contributed by atoms with Crippen molar-refractivity contribution in [3.63, 3.8) is 0 Å². The van der Waals surface area contributed by atoms with Gasteiger partial charge in [-0.05, 0) is 11.6 Å². The molecule has 1 heterocycles. The van der Waals surface area contributed by atoms with Crippen LogP contribution in [0.2, 0.25) is 0 Å². The van der Waals surface area contributed by atoms with Gasteiger partial charge in [0.25, 0.3) is 0 Å². The van der Waals surface area contributed by atoms with E-state index in [2.05, 4.69) is 38.4 Å². The summed E-state index contributed by atoms with van der Waals surface area (Å²) in [5.74, 6) is 0.964. The van der Waals surface area contributed by atoms with Crippen LogP contribution in [0.3, 0.4) is 0 Å². The molecule has 0 bridgehead atoms. The molecule has 3 N–H and O–H groups in total. The quantitative estimate of drug-likeness (QED) is 0.796. The minimum Gasteiger partial charge on any atom is -0.370 e. The molecule has 0 radical (unpaired) electrons. The molecule has 0 spiro atoms. The van der Waals surface area contributed by atoms with E-state index in [4.69, 9.17) is 5.73 Å². The molecule has 14 heavy (non-hydrogen) atoms. The van der Waals surface area contributed by atoms with Crippen LogP contribution < -0.4 is 11.1 Å². The van der Waals surface area contributed by atoms with Crippen LogP contribution in [-0.2, 0) is 0 Å². The van der Waals surface area contributed by atoms with Gasteiger partial charge in [-0.15, -0.1) is 0 Å². The summed E-state index contributed by atoms with van der Waals surface area (Å²) in [6.07, 6.45) is 0. The van der Waals surface area contributed by atoms with Crippen molar-refractivity contribution >= 4 is 21.9 Å². The fourth-order valence-electron chi connectivity index (χ4n) is 1.57. The highest BCUT2D eigenvalue weighted by molar-refractivity contribution is 9.10. The molecule has 4 heteroatoms. The Hall–Kier alpha value is -1.03. The first-order valence-corrected chi connectivity index (χ1v) is 5.35. The van der Waals surface area contributed by atoms with Crippen LogP contribution in [0.5, 0.6) is 0 Å². The highest BCUT2D eigenvalue weighted by atomic mass is 79.9. The van der Waals surface area contributed by atoms with Crippen molar-refractivity contribution < 1.29 is 0 Å². The van der Waals surface area contributed by atoms with E-state index in [1.165, 1.54) is 5.56 Å². The van der Waals surface area contributed by atoms with E-state index in [1.54, 1.807) is 0 Å². The second-order valence-corrected chi connectivity index (χ2v) is 4.18. The summed E-state index contributed by atoms with van der Waals surface area (Å²) in [5, 5.41) is 3.06. The highest BCUT2D eigenvalue weighted by Crippen LogP contribution is 2.25. The number of nitrogens with one attached hydrogen (secondary N) is 1. The maximum atomic E-state index is 5.54. The fourth-order valence-corrected chi connectivity index (χ4v) is 2.18. The van der Waals surface area contributed by atoms with Crippen LogP contribution in [0.25, 0.3) is 0 Å². The molecule has 0 fully saturated rings. The standard InChI is InChI=1S/C10H12BrN3/c11-9-4-2-1-3-8(9)7-5-13-10(12)14-6-7/h1-4,7H,5-6H2,(H3,12,13,14). The first-order chi connectivity index (χ1) is 6.77. The van der Waals surface area contributed by atoms with Crippen molar-refractivity contribution in [2.45, 2.75) is 5.92 Å². The van der Waals surface area contributed by atoms with Gasteiger partial charge in [0.05, 0.1) is 6.54 Å². The van der Waals surface area contributed by atoms with Gasteiger partial charge in [0.1, 0.15) is 0 Å². The average Bonchev–Trinajstić information content (AvgIpc) is 2.20. The van der Waals surface area contributed by atoms with Crippen molar-refractivity contribution in [2.24, 2.45) is 10.7 Å². The van der Waals surface area contributed by atoms with E-state index in [0.717, 1.165) is 17.6 Å². The minimum atomic E-state index is 0.415. The zero-order valence-electron chi connectivity index (χ0n) is 7.70. The molecule has 1 atom stereocenters. The molecule has 1 unspecified atom stereocenters. The molecule has 0 aliphatic carbocycles. The summed E-state index contributed by atoms with van der Waals surface area (Å²) in [4.78, 5) is 4.19. The lowest BCUT2D eigenvalue weighted by Gasteiger charge is -2.22. The molecule has 1 aliphatic rings. The summed E-state index contributed by atoms with van der Waals surface area (Å²) in [6, 6.07) is 8.23. The summed E-state index contributed by atoms with van der Waals surface area (Å²) < 4.78 is 1.14. The number of nitrogens with two attached hydrogens (primary N) is 1. The van der Waals surface area contributed by atoms with E-state index in [9.17, 15) is 0 Å². The Morgan fingerprint density at radius 2 is 2.21 bits per heavy atom. The smallest absolute Gasteiger partial charge is 0.188 e. The molecular weight excluding hydrogens is 242 g/mol. The van der Waals surface area contributed by atoms with E-state index in [1.807, 2.05) is 12.1 Å². The Balaban J connectivity index is 2.21. The Bertz CT molecular complexity index is 362. The molecule has 0 saturated carbocycles. The zero-order chi connectivity index (χ0) is 9.97. The summed E-state index contributed by atoms with van der Waals surface area (Å²) in [7, 11) is 0. The van der Waals surface area contributed by atoms with Crippen molar-refractivity contribution in [3.8, 4) is 0 Å². The van der Waals surface area contributed by atoms with E-state index in [0.29, 0.717) is 11.9 Å². The van der Waals surface area contributed by atoms with E-state index >= 15 is 0 Å². The number of rotatable bonds is 1. The minimum absolute atomic E-state index is 0.415. The zero-order valence-corrected chi connectivity index (χ0v) is 9.29. The van der Waals surface area contributed by atoms with Crippen LogP contribution in [0, 0.1) is 0 Å². The predicted molar refractivity (Wildman–Crippen MR) is 61.4 cm³/mol. The van der Waals surface area contributed by atoms with Crippen molar-refractivity contribution in [3.05, 3.63) is 34.3 Å². The number of aliphatic imine (C=N–C) groups is 1. The van der Waals surface area contributed by atoms with Crippen molar-refractivity contribution in [2.75, 3.05) is 13.1 Å². The second-order valence-electron chi connectivity index (χ2n) is 3.33. The van der Waals surface area contributed by atoms with Gasteiger partial charge >= 0.3 is 0 Å². The van der Waals surface area contributed by atoms with Crippen LogP contribution in [0.4, 0.5) is 0 Å². The van der Waals surface area contributed by atoms with Crippen LogP contribution in [0.15, 0.2) is 33.7 Å². The number of hydrogen-bond donors (Lipinski definition) is 2. The Kier molecular flexibility index (Phi) is 2.72. The molecule has 1 aromatic rings. The monoisotopic (exact) mass is 253 g/mol. The van der Waals surface area contributed by atoms with Gasteiger partial charge < -0.3 is 11.1 Å². The van der Waals surface area contributed by atoms with Gasteiger partial charge in [0, 0.05) is 16.9 Å². The first kappa shape index (κ1) is 9.52. The fraction of sp³-hybridized carbons (Fsp3) is 0.300. The third-order valence-electron chi connectivity index (χ3n) is 2.36. The van der Waals surface area contributed by atoms with Gasteiger partial charge in [-0.1, -0.05) is 34.1 Å². The number of halogens is 1. The summed E-state index contributed by atoms with van der Waals surface area (Å²) in [5.41, 5.74) is 6.83. The number of hydrogen-bond acceptors (Lipinski definition) is 3. The number of guanidine groups is 1. The van der Waals surface area contributed by atoms with Gasteiger partial charge in [0.15, 0.2) is 5.96 Å². The van der Waals surface area contributed by atoms with Gasteiger partial charge in [-0.3, -0.25) is 4.99 Å². The maximum Gasteiger partial charge on any atom is 0.188 e.